The van der Waals surface area contributed by atoms with Gasteiger partial charge in [0.15, 0.2) is 11.5 Å². The van der Waals surface area contributed by atoms with Gasteiger partial charge >= 0.3 is 0 Å². The van der Waals surface area contributed by atoms with Crippen LogP contribution in [0.1, 0.15) is 5.56 Å². The Labute approximate surface area is 115 Å². The fraction of sp³-hybridized carbons (Fsp3) is 0.250. The van der Waals surface area contributed by atoms with Gasteiger partial charge in [-0.3, -0.25) is 0 Å². The van der Waals surface area contributed by atoms with Crippen LogP contribution < -0.4 is 9.47 Å². The molecule has 1 aliphatic rings. The first-order valence-corrected chi connectivity index (χ1v) is 7.14. The number of benzene rings is 1. The number of rotatable bonds is 2. The third-order valence-electron chi connectivity index (χ3n) is 2.70. The topological polar surface area (TPSA) is 31.4 Å². The second-order valence-corrected chi connectivity index (χ2v) is 5.32. The van der Waals surface area contributed by atoms with E-state index < -0.39 is 0 Å². The Morgan fingerprint density at radius 2 is 1.94 bits per heavy atom. The maximum atomic E-state index is 5.37. The molecule has 0 aliphatic carbocycles. The Morgan fingerprint density at radius 1 is 1.18 bits per heavy atom. The molecule has 0 fully saturated rings. The van der Waals surface area contributed by atoms with Crippen molar-refractivity contribution in [2.24, 2.45) is 0 Å². The molecule has 0 radical (unpaired) electrons. The molecule has 1 aromatic heterocycles. The van der Waals surface area contributed by atoms with Gasteiger partial charge in [-0.05, 0) is 40.0 Å². The molecule has 3 nitrogen and oxygen atoms in total. The van der Waals surface area contributed by atoms with Crippen LogP contribution in [0.5, 0.6) is 11.5 Å². The number of ether oxygens (including phenoxy) is 2. The Kier molecular flexibility index (Phi) is 2.96. The highest BCUT2D eigenvalue weighted by Crippen LogP contribution is 2.36. The van der Waals surface area contributed by atoms with E-state index in [2.05, 4.69) is 42.9 Å². The van der Waals surface area contributed by atoms with Gasteiger partial charge < -0.3 is 9.47 Å². The van der Waals surface area contributed by atoms with Gasteiger partial charge in [-0.1, -0.05) is 15.9 Å². The largest absolute Gasteiger partial charge is 0.454 e. The van der Waals surface area contributed by atoms with Gasteiger partial charge in [0.05, 0.1) is 5.52 Å². The lowest BCUT2D eigenvalue weighted by Crippen LogP contribution is -1.92. The second-order valence-electron chi connectivity index (χ2n) is 3.78. The zero-order valence-corrected chi connectivity index (χ0v) is 12.0. The van der Waals surface area contributed by atoms with Crippen LogP contribution in [-0.4, -0.2) is 17.1 Å². The summed E-state index contributed by atoms with van der Waals surface area (Å²) in [6, 6.07) is 6.03. The van der Waals surface area contributed by atoms with E-state index in [4.69, 9.17) is 9.47 Å². The molecule has 88 valence electrons. The molecule has 0 saturated heterocycles. The van der Waals surface area contributed by atoms with Gasteiger partial charge in [0.25, 0.3) is 0 Å². The molecule has 0 saturated carbocycles. The molecule has 3 rings (SSSR count). The minimum Gasteiger partial charge on any atom is -0.454 e. The zero-order valence-electron chi connectivity index (χ0n) is 8.87. The first-order valence-electron chi connectivity index (χ1n) is 5.22. The molecular weight excluding hydrogens is 350 g/mol. The van der Waals surface area contributed by atoms with Crippen LogP contribution in [0.3, 0.4) is 0 Å². The number of aryl methyl sites for hydroxylation is 1. The van der Waals surface area contributed by atoms with Crippen LogP contribution in [0.25, 0.3) is 10.9 Å². The van der Waals surface area contributed by atoms with Gasteiger partial charge in [-0.15, -0.1) is 0 Å². The lowest BCUT2D eigenvalue weighted by Gasteiger charge is -2.05. The highest BCUT2D eigenvalue weighted by molar-refractivity contribution is 9.10. The SMILES string of the molecule is BrCCc1cc2cc3c(cc2nc1Br)OCO3. The van der Waals surface area contributed by atoms with Crippen molar-refractivity contribution in [1.82, 2.24) is 4.98 Å². The number of fused-ring (bicyclic) bond motifs is 2. The Hall–Kier alpha value is -0.810. The Balaban J connectivity index is 2.18. The number of nitrogens with zero attached hydrogens (tertiary/aromatic N) is 1. The minimum atomic E-state index is 0.293. The molecule has 0 unspecified atom stereocenters. The molecule has 1 aliphatic heterocycles. The third kappa shape index (κ3) is 2.02. The number of aromatic nitrogens is 1. The van der Waals surface area contributed by atoms with E-state index >= 15 is 0 Å². The monoisotopic (exact) mass is 357 g/mol. The normalized spacial score (nSPS) is 13.3. The van der Waals surface area contributed by atoms with Crippen molar-refractivity contribution < 1.29 is 9.47 Å². The van der Waals surface area contributed by atoms with Crippen LogP contribution in [0.2, 0.25) is 0 Å². The van der Waals surface area contributed by atoms with Crippen molar-refractivity contribution in [3.05, 3.63) is 28.4 Å². The quantitative estimate of drug-likeness (QED) is 0.606. The number of hydrogen-bond acceptors (Lipinski definition) is 3. The van der Waals surface area contributed by atoms with E-state index in [1.165, 1.54) is 5.56 Å². The number of alkyl halides is 1. The first kappa shape index (κ1) is 11.3. The summed E-state index contributed by atoms with van der Waals surface area (Å²) in [5.41, 5.74) is 2.10. The number of halogens is 2. The van der Waals surface area contributed by atoms with Crippen LogP contribution in [0.4, 0.5) is 0 Å². The predicted octanol–water partition coefficient (Wildman–Crippen LogP) is 3.66. The summed E-state index contributed by atoms with van der Waals surface area (Å²) >= 11 is 6.94. The summed E-state index contributed by atoms with van der Waals surface area (Å²) in [6.45, 7) is 0.293. The smallest absolute Gasteiger partial charge is 0.231 e. The third-order valence-corrected chi connectivity index (χ3v) is 3.78. The summed E-state index contributed by atoms with van der Waals surface area (Å²) in [7, 11) is 0. The highest BCUT2D eigenvalue weighted by Gasteiger charge is 2.15. The molecule has 2 heterocycles. The number of pyridine rings is 1. The average molecular weight is 359 g/mol. The predicted molar refractivity (Wildman–Crippen MR) is 73.1 cm³/mol. The summed E-state index contributed by atoms with van der Waals surface area (Å²) in [5.74, 6) is 1.57. The average Bonchev–Trinajstić information content (AvgIpc) is 2.74. The maximum absolute atomic E-state index is 5.37. The van der Waals surface area contributed by atoms with E-state index in [-0.39, 0.29) is 0 Å². The number of hydrogen-bond donors (Lipinski definition) is 0. The van der Waals surface area contributed by atoms with E-state index in [9.17, 15) is 0 Å². The van der Waals surface area contributed by atoms with Crippen molar-refractivity contribution in [3.8, 4) is 11.5 Å². The van der Waals surface area contributed by atoms with Crippen molar-refractivity contribution in [1.29, 1.82) is 0 Å². The van der Waals surface area contributed by atoms with Gasteiger partial charge in [0, 0.05) is 16.8 Å². The van der Waals surface area contributed by atoms with Crippen LogP contribution in [0, 0.1) is 0 Å². The lowest BCUT2D eigenvalue weighted by atomic mass is 10.1. The summed E-state index contributed by atoms with van der Waals surface area (Å²) < 4.78 is 11.6. The lowest BCUT2D eigenvalue weighted by molar-refractivity contribution is 0.174. The molecule has 0 bridgehead atoms. The second kappa shape index (κ2) is 4.46. The summed E-state index contributed by atoms with van der Waals surface area (Å²) in [4.78, 5) is 4.53. The van der Waals surface area contributed by atoms with Crippen LogP contribution >= 0.6 is 31.9 Å². The van der Waals surface area contributed by atoms with E-state index in [0.29, 0.717) is 6.79 Å². The summed E-state index contributed by atoms with van der Waals surface area (Å²) in [5, 5.41) is 2.00. The van der Waals surface area contributed by atoms with Crippen LogP contribution in [0.15, 0.2) is 22.8 Å². The molecule has 2 aromatic rings. The van der Waals surface area contributed by atoms with Crippen LogP contribution in [-0.2, 0) is 6.42 Å². The van der Waals surface area contributed by atoms with E-state index in [1.54, 1.807) is 0 Å². The highest BCUT2D eigenvalue weighted by atomic mass is 79.9. The van der Waals surface area contributed by atoms with Crippen molar-refractivity contribution in [2.75, 3.05) is 12.1 Å². The maximum Gasteiger partial charge on any atom is 0.231 e. The molecule has 0 N–H and O–H groups in total. The van der Waals surface area contributed by atoms with E-state index in [0.717, 1.165) is 38.8 Å². The Morgan fingerprint density at radius 3 is 2.71 bits per heavy atom. The summed E-state index contributed by atoms with van der Waals surface area (Å²) in [6.07, 6.45) is 0.942. The zero-order chi connectivity index (χ0) is 11.8. The molecule has 1 aromatic carbocycles. The molecule has 17 heavy (non-hydrogen) atoms. The molecular formula is C12H9Br2NO2. The van der Waals surface area contributed by atoms with Gasteiger partial charge in [-0.2, -0.15) is 0 Å². The van der Waals surface area contributed by atoms with Gasteiger partial charge in [0.2, 0.25) is 6.79 Å². The molecule has 0 atom stereocenters. The fourth-order valence-corrected chi connectivity index (χ4v) is 2.79. The van der Waals surface area contributed by atoms with Crippen molar-refractivity contribution >= 4 is 42.8 Å². The van der Waals surface area contributed by atoms with Crippen molar-refractivity contribution in [2.45, 2.75) is 6.42 Å². The molecule has 0 spiro atoms. The molecule has 0 amide bonds. The van der Waals surface area contributed by atoms with Crippen molar-refractivity contribution in [3.63, 3.8) is 0 Å². The molecule has 5 heteroatoms. The first-order chi connectivity index (χ1) is 8.28. The van der Waals surface area contributed by atoms with Gasteiger partial charge in [-0.25, -0.2) is 4.98 Å². The van der Waals surface area contributed by atoms with E-state index in [1.807, 2.05) is 12.1 Å². The fourth-order valence-electron chi connectivity index (χ4n) is 1.86. The minimum absolute atomic E-state index is 0.293. The standard InChI is InChI=1S/C12H9Br2NO2/c13-2-1-7-3-8-4-10-11(17-6-16-10)5-9(8)15-12(7)14/h3-5H,1-2,6H2. The van der Waals surface area contributed by atoms with Gasteiger partial charge in [0.1, 0.15) is 4.60 Å². The Bertz CT molecular complexity index is 586.